The molecule has 21 heavy (non-hydrogen) atoms. The Morgan fingerprint density at radius 2 is 1.43 bits per heavy atom. The number of carbonyl (C=O) groups is 1. The highest BCUT2D eigenvalue weighted by Crippen LogP contribution is 2.24. The molecule has 0 spiro atoms. The van der Waals surface area contributed by atoms with Crippen LogP contribution in [0.5, 0.6) is 5.75 Å². The van der Waals surface area contributed by atoms with Crippen LogP contribution in [-0.2, 0) is 0 Å². The van der Waals surface area contributed by atoms with Gasteiger partial charge in [0.1, 0.15) is 5.75 Å². The fraction of sp³-hybridized carbons (Fsp3) is 0.316. The molecule has 108 valence electrons. The zero-order valence-corrected chi connectivity index (χ0v) is 12.1. The van der Waals surface area contributed by atoms with Gasteiger partial charge in [0, 0.05) is 11.1 Å². The molecule has 2 aromatic rings. The molecule has 0 saturated heterocycles. The van der Waals surface area contributed by atoms with E-state index in [1.165, 1.54) is 19.3 Å². The summed E-state index contributed by atoms with van der Waals surface area (Å²) in [4.78, 5) is 12.3. The molecule has 0 heterocycles. The highest BCUT2D eigenvalue weighted by molar-refractivity contribution is 6.08. The smallest absolute Gasteiger partial charge is 0.193 e. The minimum atomic E-state index is 0.0554. The second kappa shape index (κ2) is 6.57. The standard InChI is InChI=1S/C19H20O2/c20-19(15-7-3-1-4-8-15)16-11-13-18(14-12-16)21-17-9-5-2-6-10-17/h1,3-4,7-8,11-14,17H,2,5-6,9-10H2. The van der Waals surface area contributed by atoms with Gasteiger partial charge in [-0.3, -0.25) is 4.79 Å². The lowest BCUT2D eigenvalue weighted by Gasteiger charge is -2.23. The molecule has 0 atom stereocenters. The molecular weight excluding hydrogens is 260 g/mol. The Kier molecular flexibility index (Phi) is 4.34. The van der Waals surface area contributed by atoms with Gasteiger partial charge in [-0.15, -0.1) is 0 Å². The molecule has 0 amide bonds. The number of ketones is 1. The summed E-state index contributed by atoms with van der Waals surface area (Å²) < 4.78 is 5.98. The first-order valence-electron chi connectivity index (χ1n) is 7.69. The van der Waals surface area contributed by atoms with E-state index < -0.39 is 0 Å². The first-order chi connectivity index (χ1) is 10.3. The van der Waals surface area contributed by atoms with Crippen molar-refractivity contribution in [3.05, 3.63) is 65.7 Å². The minimum absolute atomic E-state index is 0.0554. The van der Waals surface area contributed by atoms with Gasteiger partial charge in [-0.25, -0.2) is 0 Å². The van der Waals surface area contributed by atoms with Crippen molar-refractivity contribution in [3.63, 3.8) is 0 Å². The molecule has 1 aliphatic rings. The highest BCUT2D eigenvalue weighted by Gasteiger charge is 2.15. The topological polar surface area (TPSA) is 26.3 Å². The van der Waals surface area contributed by atoms with Gasteiger partial charge in [0.25, 0.3) is 0 Å². The quantitative estimate of drug-likeness (QED) is 0.763. The molecule has 1 aliphatic carbocycles. The van der Waals surface area contributed by atoms with E-state index in [4.69, 9.17) is 4.74 Å². The summed E-state index contributed by atoms with van der Waals surface area (Å²) in [5.74, 6) is 0.923. The van der Waals surface area contributed by atoms with Crippen molar-refractivity contribution in [2.24, 2.45) is 0 Å². The third-order valence-electron chi connectivity index (χ3n) is 4.01. The maximum atomic E-state index is 12.3. The van der Waals surface area contributed by atoms with Crippen LogP contribution in [0.25, 0.3) is 0 Å². The monoisotopic (exact) mass is 280 g/mol. The zero-order chi connectivity index (χ0) is 14.5. The Labute approximate surface area is 125 Å². The van der Waals surface area contributed by atoms with Gasteiger partial charge in [-0.2, -0.15) is 0 Å². The minimum Gasteiger partial charge on any atom is -0.490 e. The summed E-state index contributed by atoms with van der Waals surface area (Å²) in [6.45, 7) is 0. The average Bonchev–Trinajstić information content (AvgIpc) is 2.57. The number of ether oxygens (including phenoxy) is 1. The summed E-state index contributed by atoms with van der Waals surface area (Å²) in [5.41, 5.74) is 1.43. The highest BCUT2D eigenvalue weighted by atomic mass is 16.5. The summed E-state index contributed by atoms with van der Waals surface area (Å²) in [6, 6.07) is 16.9. The lowest BCUT2D eigenvalue weighted by atomic mass is 9.98. The van der Waals surface area contributed by atoms with Crippen molar-refractivity contribution < 1.29 is 9.53 Å². The molecule has 2 aromatic carbocycles. The molecule has 0 bridgehead atoms. The first-order valence-corrected chi connectivity index (χ1v) is 7.69. The van der Waals surface area contributed by atoms with E-state index in [1.54, 1.807) is 0 Å². The van der Waals surface area contributed by atoms with E-state index in [-0.39, 0.29) is 5.78 Å². The summed E-state index contributed by atoms with van der Waals surface area (Å²) >= 11 is 0. The Balaban J connectivity index is 1.67. The first kappa shape index (κ1) is 13.9. The van der Waals surface area contributed by atoms with Gasteiger partial charge < -0.3 is 4.74 Å². The van der Waals surface area contributed by atoms with Crippen LogP contribution in [0.4, 0.5) is 0 Å². The Morgan fingerprint density at radius 3 is 2.10 bits per heavy atom. The van der Waals surface area contributed by atoms with Crippen molar-refractivity contribution >= 4 is 5.78 Å². The lowest BCUT2D eigenvalue weighted by Crippen LogP contribution is -2.19. The lowest BCUT2D eigenvalue weighted by molar-refractivity contribution is 0.103. The van der Waals surface area contributed by atoms with Crippen LogP contribution in [0.15, 0.2) is 54.6 Å². The van der Waals surface area contributed by atoms with Crippen LogP contribution in [-0.4, -0.2) is 11.9 Å². The van der Waals surface area contributed by atoms with Crippen molar-refractivity contribution in [1.82, 2.24) is 0 Å². The molecule has 0 aromatic heterocycles. The third kappa shape index (κ3) is 3.52. The molecule has 1 saturated carbocycles. The molecule has 0 unspecified atom stereocenters. The van der Waals surface area contributed by atoms with E-state index in [9.17, 15) is 4.79 Å². The van der Waals surface area contributed by atoms with Gasteiger partial charge in [0.05, 0.1) is 6.10 Å². The fourth-order valence-electron chi connectivity index (χ4n) is 2.82. The van der Waals surface area contributed by atoms with E-state index >= 15 is 0 Å². The van der Waals surface area contributed by atoms with Gasteiger partial charge in [-0.1, -0.05) is 36.8 Å². The Hall–Kier alpha value is -2.09. The number of carbonyl (C=O) groups excluding carboxylic acids is 1. The average molecular weight is 280 g/mol. The van der Waals surface area contributed by atoms with E-state index in [0.29, 0.717) is 11.7 Å². The largest absolute Gasteiger partial charge is 0.490 e. The third-order valence-corrected chi connectivity index (χ3v) is 4.01. The number of benzene rings is 2. The predicted molar refractivity (Wildman–Crippen MR) is 83.8 cm³/mol. The second-order valence-corrected chi connectivity index (χ2v) is 5.60. The maximum Gasteiger partial charge on any atom is 0.193 e. The van der Waals surface area contributed by atoms with Gasteiger partial charge in [0.15, 0.2) is 5.78 Å². The summed E-state index contributed by atoms with van der Waals surface area (Å²) in [7, 11) is 0. The van der Waals surface area contributed by atoms with Crippen molar-refractivity contribution in [2.75, 3.05) is 0 Å². The molecule has 2 heteroatoms. The normalized spacial score (nSPS) is 15.6. The SMILES string of the molecule is O=C(c1ccccc1)c1ccc(OC2CCCCC2)cc1. The molecule has 1 fully saturated rings. The van der Waals surface area contributed by atoms with Crippen LogP contribution in [0.2, 0.25) is 0 Å². The molecule has 0 N–H and O–H groups in total. The van der Waals surface area contributed by atoms with Crippen LogP contribution >= 0.6 is 0 Å². The van der Waals surface area contributed by atoms with Gasteiger partial charge in [0.2, 0.25) is 0 Å². The summed E-state index contributed by atoms with van der Waals surface area (Å²) in [5, 5.41) is 0. The molecule has 2 nitrogen and oxygen atoms in total. The maximum absolute atomic E-state index is 12.3. The number of hydrogen-bond donors (Lipinski definition) is 0. The molecule has 0 radical (unpaired) electrons. The van der Waals surface area contributed by atoms with Crippen LogP contribution in [0, 0.1) is 0 Å². The fourth-order valence-corrected chi connectivity index (χ4v) is 2.82. The van der Waals surface area contributed by atoms with E-state index in [0.717, 1.165) is 24.2 Å². The van der Waals surface area contributed by atoms with Crippen LogP contribution in [0.1, 0.15) is 48.0 Å². The molecule has 3 rings (SSSR count). The Morgan fingerprint density at radius 1 is 0.810 bits per heavy atom. The van der Waals surface area contributed by atoms with Gasteiger partial charge in [-0.05, 0) is 49.9 Å². The predicted octanol–water partition coefficient (Wildman–Crippen LogP) is 4.63. The number of hydrogen-bond acceptors (Lipinski definition) is 2. The van der Waals surface area contributed by atoms with Gasteiger partial charge >= 0.3 is 0 Å². The Bertz CT molecular complexity index is 581. The number of rotatable bonds is 4. The van der Waals surface area contributed by atoms with Crippen LogP contribution in [0.3, 0.4) is 0 Å². The van der Waals surface area contributed by atoms with Crippen LogP contribution < -0.4 is 4.74 Å². The zero-order valence-electron chi connectivity index (χ0n) is 12.1. The summed E-state index contributed by atoms with van der Waals surface area (Å²) in [6.07, 6.45) is 6.47. The van der Waals surface area contributed by atoms with E-state index in [2.05, 4.69) is 0 Å². The van der Waals surface area contributed by atoms with Crippen molar-refractivity contribution in [1.29, 1.82) is 0 Å². The van der Waals surface area contributed by atoms with E-state index in [1.807, 2.05) is 54.6 Å². The van der Waals surface area contributed by atoms with Crippen molar-refractivity contribution in [2.45, 2.75) is 38.2 Å². The van der Waals surface area contributed by atoms with Crippen molar-refractivity contribution in [3.8, 4) is 5.75 Å². The molecule has 0 aliphatic heterocycles. The molecular formula is C19H20O2. The second-order valence-electron chi connectivity index (χ2n) is 5.60.